The fraction of sp³-hybridized carbons (Fsp3) is 0.385. The summed E-state index contributed by atoms with van der Waals surface area (Å²) in [6.45, 7) is 7.96. The number of phenolic OH excluding ortho intramolecular Hbond substituents is 1. The summed E-state index contributed by atoms with van der Waals surface area (Å²) in [6.07, 6.45) is 3.40. The summed E-state index contributed by atoms with van der Waals surface area (Å²) in [5.74, 6) is 0.294. The molecule has 2 aromatic carbocycles. The topological polar surface area (TPSA) is 107 Å². The molecule has 0 bridgehead atoms. The van der Waals surface area contributed by atoms with Crippen LogP contribution in [0.5, 0.6) is 5.75 Å². The molecule has 1 saturated heterocycles. The van der Waals surface area contributed by atoms with Crippen LogP contribution in [0.25, 0.3) is 11.3 Å². The average Bonchev–Trinajstić information content (AvgIpc) is 2.81. The number of phenols is 1. The molecule has 0 radical (unpaired) electrons. The minimum Gasteiger partial charge on any atom is -0.507 e. The molecule has 1 fully saturated rings. The number of nitrogens with one attached hydrogen (secondary N) is 2. The molecular formula is C26H33N5O3S. The van der Waals surface area contributed by atoms with Crippen molar-refractivity contribution in [3.05, 3.63) is 65.9 Å². The molecular weight excluding hydrogens is 462 g/mol. The van der Waals surface area contributed by atoms with Crippen LogP contribution in [0.2, 0.25) is 0 Å². The van der Waals surface area contributed by atoms with Crippen LogP contribution >= 0.6 is 0 Å². The van der Waals surface area contributed by atoms with Crippen LogP contribution in [0.15, 0.2) is 59.6 Å². The van der Waals surface area contributed by atoms with Gasteiger partial charge in [-0.1, -0.05) is 24.3 Å². The zero-order chi connectivity index (χ0) is 25.0. The lowest BCUT2D eigenvalue weighted by Crippen LogP contribution is -2.53. The Morgan fingerprint density at radius 3 is 2.74 bits per heavy atom. The Morgan fingerprint density at radius 2 is 1.97 bits per heavy atom. The lowest BCUT2D eigenvalue weighted by molar-refractivity contribution is 0.139. The summed E-state index contributed by atoms with van der Waals surface area (Å²) < 4.78 is 23.3. The molecule has 9 heteroatoms. The lowest BCUT2D eigenvalue weighted by Gasteiger charge is -2.37. The molecule has 0 aliphatic carbocycles. The Morgan fingerprint density at radius 1 is 1.14 bits per heavy atom. The van der Waals surface area contributed by atoms with Crippen LogP contribution in [-0.4, -0.2) is 66.4 Å². The quantitative estimate of drug-likeness (QED) is 0.438. The van der Waals surface area contributed by atoms with E-state index in [0.29, 0.717) is 31.0 Å². The lowest BCUT2D eigenvalue weighted by atomic mass is 10.1. The van der Waals surface area contributed by atoms with E-state index >= 15 is 0 Å². The van der Waals surface area contributed by atoms with Crippen LogP contribution in [0.4, 0.5) is 5.95 Å². The highest BCUT2D eigenvalue weighted by Gasteiger charge is 2.22. The summed E-state index contributed by atoms with van der Waals surface area (Å²) in [5, 5.41) is 16.8. The highest BCUT2D eigenvalue weighted by molar-refractivity contribution is 7.90. The SMILES string of the molecule is C[C@H]1CN(Cc2cccc(-c3ccnc(NCCc4ccc(S(C)(=O)=O)c(O)c4)n3)c2)[C@@H](C)CN1. The van der Waals surface area contributed by atoms with Gasteiger partial charge in [0.1, 0.15) is 10.6 Å². The minimum atomic E-state index is -3.45. The normalized spacial score (nSPS) is 18.9. The highest BCUT2D eigenvalue weighted by Crippen LogP contribution is 2.24. The molecule has 2 atom stereocenters. The van der Waals surface area contributed by atoms with E-state index in [1.54, 1.807) is 12.3 Å². The van der Waals surface area contributed by atoms with Crippen LogP contribution in [-0.2, 0) is 22.8 Å². The first-order valence-electron chi connectivity index (χ1n) is 11.8. The maximum atomic E-state index is 11.7. The second-order valence-electron chi connectivity index (χ2n) is 9.30. The first-order chi connectivity index (χ1) is 16.7. The van der Waals surface area contributed by atoms with Gasteiger partial charge in [-0.25, -0.2) is 18.4 Å². The van der Waals surface area contributed by atoms with E-state index in [-0.39, 0.29) is 10.6 Å². The third kappa shape index (κ3) is 6.56. The third-order valence-corrected chi connectivity index (χ3v) is 7.42. The zero-order valence-corrected chi connectivity index (χ0v) is 21.2. The monoisotopic (exact) mass is 495 g/mol. The molecule has 3 N–H and O–H groups in total. The van der Waals surface area contributed by atoms with Gasteiger partial charge in [-0.05, 0) is 55.7 Å². The molecule has 35 heavy (non-hydrogen) atoms. The Bertz CT molecular complexity index is 1280. The van der Waals surface area contributed by atoms with Gasteiger partial charge in [0.05, 0.1) is 5.69 Å². The van der Waals surface area contributed by atoms with E-state index in [1.807, 2.05) is 6.07 Å². The van der Waals surface area contributed by atoms with Crippen LogP contribution in [0.3, 0.4) is 0 Å². The Balaban J connectivity index is 1.39. The summed E-state index contributed by atoms with van der Waals surface area (Å²) >= 11 is 0. The van der Waals surface area contributed by atoms with Crippen molar-refractivity contribution < 1.29 is 13.5 Å². The molecule has 3 aromatic rings. The Hall–Kier alpha value is -3.01. The fourth-order valence-electron chi connectivity index (χ4n) is 4.34. The summed E-state index contributed by atoms with van der Waals surface area (Å²) in [6, 6.07) is 16.0. The Kier molecular flexibility index (Phi) is 7.69. The van der Waals surface area contributed by atoms with Crippen LogP contribution in [0, 0.1) is 0 Å². The van der Waals surface area contributed by atoms with Gasteiger partial charge >= 0.3 is 0 Å². The van der Waals surface area contributed by atoms with E-state index in [2.05, 4.69) is 63.6 Å². The van der Waals surface area contributed by atoms with Gasteiger partial charge in [0, 0.05) is 56.3 Å². The molecule has 8 nitrogen and oxygen atoms in total. The van der Waals surface area contributed by atoms with Crippen molar-refractivity contribution in [3.8, 4) is 17.0 Å². The number of aromatic hydroxyl groups is 1. The molecule has 0 amide bonds. The van der Waals surface area contributed by atoms with Crippen molar-refractivity contribution in [3.63, 3.8) is 0 Å². The van der Waals surface area contributed by atoms with E-state index in [4.69, 9.17) is 0 Å². The molecule has 0 saturated carbocycles. The first kappa shape index (κ1) is 25.1. The van der Waals surface area contributed by atoms with Crippen molar-refractivity contribution in [1.82, 2.24) is 20.2 Å². The second kappa shape index (κ2) is 10.7. The highest BCUT2D eigenvalue weighted by atomic mass is 32.2. The summed E-state index contributed by atoms with van der Waals surface area (Å²) in [4.78, 5) is 11.5. The maximum absolute atomic E-state index is 11.7. The summed E-state index contributed by atoms with van der Waals surface area (Å²) in [7, 11) is -3.45. The van der Waals surface area contributed by atoms with Gasteiger partial charge in [-0.15, -0.1) is 0 Å². The Labute approximate surface area is 207 Å². The van der Waals surface area contributed by atoms with E-state index < -0.39 is 9.84 Å². The van der Waals surface area contributed by atoms with Gasteiger partial charge in [-0.3, -0.25) is 4.90 Å². The number of nitrogens with zero attached hydrogens (tertiary/aromatic N) is 3. The molecule has 4 rings (SSSR count). The second-order valence-corrected chi connectivity index (χ2v) is 11.3. The molecule has 0 unspecified atom stereocenters. The van der Waals surface area contributed by atoms with E-state index in [0.717, 1.165) is 42.7 Å². The predicted octanol–water partition coefficient (Wildman–Crippen LogP) is 3.09. The summed E-state index contributed by atoms with van der Waals surface area (Å²) in [5.41, 5.74) is 3.97. The maximum Gasteiger partial charge on any atom is 0.223 e. The molecule has 1 aromatic heterocycles. The van der Waals surface area contributed by atoms with Crippen molar-refractivity contribution in [2.45, 2.75) is 43.8 Å². The van der Waals surface area contributed by atoms with Gasteiger partial charge in [0.25, 0.3) is 0 Å². The predicted molar refractivity (Wildman–Crippen MR) is 138 cm³/mol. The zero-order valence-electron chi connectivity index (χ0n) is 20.4. The van der Waals surface area contributed by atoms with Gasteiger partial charge in [0.2, 0.25) is 5.95 Å². The molecule has 1 aliphatic rings. The van der Waals surface area contributed by atoms with Crippen LogP contribution < -0.4 is 10.6 Å². The standard InChI is InChI=1S/C26H33N5O3S/c1-18-16-31(19(2)15-29-18)17-21-5-4-6-22(13-21)23-10-12-28-26(30-23)27-11-9-20-7-8-25(24(32)14-20)35(3,33)34/h4-8,10,12-14,18-19,29,32H,9,11,15-17H2,1-3H3,(H,27,28,30)/t18-,19-/m0/s1. The van der Waals surface area contributed by atoms with Crippen LogP contribution in [0.1, 0.15) is 25.0 Å². The number of benzene rings is 2. The average molecular weight is 496 g/mol. The smallest absolute Gasteiger partial charge is 0.223 e. The molecule has 1 aliphatic heterocycles. The molecule has 186 valence electrons. The number of hydrogen-bond donors (Lipinski definition) is 3. The molecule has 0 spiro atoms. The van der Waals surface area contributed by atoms with E-state index in [1.165, 1.54) is 17.7 Å². The largest absolute Gasteiger partial charge is 0.507 e. The van der Waals surface area contributed by atoms with Crippen molar-refractivity contribution in [2.75, 3.05) is 31.2 Å². The van der Waals surface area contributed by atoms with Gasteiger partial charge in [0.15, 0.2) is 9.84 Å². The molecule has 2 heterocycles. The van der Waals surface area contributed by atoms with E-state index in [9.17, 15) is 13.5 Å². The number of piperazine rings is 1. The van der Waals surface area contributed by atoms with Crippen molar-refractivity contribution >= 4 is 15.8 Å². The minimum absolute atomic E-state index is 0.0617. The van der Waals surface area contributed by atoms with Crippen molar-refractivity contribution in [1.29, 1.82) is 0 Å². The fourth-order valence-corrected chi connectivity index (χ4v) is 5.09. The van der Waals surface area contributed by atoms with Gasteiger partial charge in [-0.2, -0.15) is 0 Å². The number of rotatable bonds is 8. The third-order valence-electron chi connectivity index (χ3n) is 6.28. The number of sulfone groups is 1. The van der Waals surface area contributed by atoms with Crippen molar-refractivity contribution in [2.24, 2.45) is 0 Å². The van der Waals surface area contributed by atoms with Gasteiger partial charge < -0.3 is 15.7 Å². The first-order valence-corrected chi connectivity index (χ1v) is 13.7. The number of anilines is 1. The number of hydrogen-bond acceptors (Lipinski definition) is 8. The number of aromatic nitrogens is 2.